The molecule has 0 aromatic heterocycles. The van der Waals surface area contributed by atoms with Gasteiger partial charge in [-0.05, 0) is 52.1 Å². The van der Waals surface area contributed by atoms with Crippen molar-refractivity contribution in [1.82, 2.24) is 10.2 Å². The summed E-state index contributed by atoms with van der Waals surface area (Å²) in [5.41, 5.74) is 0. The van der Waals surface area contributed by atoms with Crippen LogP contribution in [-0.4, -0.2) is 36.6 Å². The molecule has 2 aliphatic rings. The average Bonchev–Trinajstić information content (AvgIpc) is 2.10. The van der Waals surface area contributed by atoms with Crippen LogP contribution < -0.4 is 5.32 Å². The Balaban J connectivity index is 1.79. The first-order chi connectivity index (χ1) is 6.66. The molecule has 0 bridgehead atoms. The summed E-state index contributed by atoms with van der Waals surface area (Å²) in [5, 5.41) is 3.82. The summed E-state index contributed by atoms with van der Waals surface area (Å²) in [6.07, 6.45) is 5.52. The summed E-state index contributed by atoms with van der Waals surface area (Å²) in [4.78, 5) is 2.49. The topological polar surface area (TPSA) is 15.3 Å². The second-order valence-corrected chi connectivity index (χ2v) is 5.41. The SMILES string of the molecule is CC1CC(NC2CCCN(C)C2C)C1. The van der Waals surface area contributed by atoms with E-state index in [0.29, 0.717) is 0 Å². The Labute approximate surface area is 88.1 Å². The minimum Gasteiger partial charge on any atom is -0.310 e. The first-order valence-corrected chi connectivity index (χ1v) is 6.13. The maximum atomic E-state index is 3.82. The van der Waals surface area contributed by atoms with Crippen LogP contribution in [0, 0.1) is 5.92 Å². The number of rotatable bonds is 2. The molecule has 0 aromatic carbocycles. The normalized spacial score (nSPS) is 44.8. The van der Waals surface area contributed by atoms with Gasteiger partial charge in [-0.15, -0.1) is 0 Å². The van der Waals surface area contributed by atoms with Gasteiger partial charge < -0.3 is 10.2 Å². The number of hydrogen-bond acceptors (Lipinski definition) is 2. The van der Waals surface area contributed by atoms with Crippen molar-refractivity contribution in [2.45, 2.75) is 57.7 Å². The molecule has 2 heteroatoms. The van der Waals surface area contributed by atoms with Crippen molar-refractivity contribution < 1.29 is 0 Å². The zero-order valence-electron chi connectivity index (χ0n) is 9.79. The van der Waals surface area contributed by atoms with E-state index in [1.807, 2.05) is 0 Å². The summed E-state index contributed by atoms with van der Waals surface area (Å²) < 4.78 is 0. The van der Waals surface area contributed by atoms with Crippen LogP contribution in [0.25, 0.3) is 0 Å². The number of likely N-dealkylation sites (N-methyl/N-ethyl adjacent to an activating group) is 1. The molecule has 2 unspecified atom stereocenters. The van der Waals surface area contributed by atoms with Crippen LogP contribution in [0.3, 0.4) is 0 Å². The van der Waals surface area contributed by atoms with Crippen LogP contribution in [0.4, 0.5) is 0 Å². The first-order valence-electron chi connectivity index (χ1n) is 6.13. The molecule has 1 saturated carbocycles. The van der Waals surface area contributed by atoms with Gasteiger partial charge in [0.15, 0.2) is 0 Å². The summed E-state index contributed by atoms with van der Waals surface area (Å²) >= 11 is 0. The fourth-order valence-electron chi connectivity index (χ4n) is 2.88. The van der Waals surface area contributed by atoms with Gasteiger partial charge in [0.1, 0.15) is 0 Å². The van der Waals surface area contributed by atoms with Crippen LogP contribution in [0.2, 0.25) is 0 Å². The molecule has 0 radical (unpaired) electrons. The lowest BCUT2D eigenvalue weighted by Crippen LogP contribution is -2.56. The van der Waals surface area contributed by atoms with E-state index < -0.39 is 0 Å². The molecule has 1 aliphatic carbocycles. The number of nitrogens with zero attached hydrogens (tertiary/aromatic N) is 1. The summed E-state index contributed by atoms with van der Waals surface area (Å²) in [7, 11) is 2.25. The quantitative estimate of drug-likeness (QED) is 0.725. The Morgan fingerprint density at radius 3 is 2.57 bits per heavy atom. The molecule has 1 N–H and O–H groups in total. The zero-order chi connectivity index (χ0) is 10.1. The molecule has 0 aromatic rings. The molecule has 1 saturated heterocycles. The Morgan fingerprint density at radius 1 is 1.21 bits per heavy atom. The maximum Gasteiger partial charge on any atom is 0.0223 e. The molecule has 14 heavy (non-hydrogen) atoms. The molecule has 2 atom stereocenters. The van der Waals surface area contributed by atoms with Gasteiger partial charge in [-0.1, -0.05) is 6.92 Å². The molecular formula is C12H24N2. The van der Waals surface area contributed by atoms with E-state index in [4.69, 9.17) is 0 Å². The first kappa shape index (κ1) is 10.4. The fraction of sp³-hybridized carbons (Fsp3) is 1.00. The Morgan fingerprint density at radius 2 is 1.93 bits per heavy atom. The third-order valence-corrected chi connectivity index (χ3v) is 4.13. The summed E-state index contributed by atoms with van der Waals surface area (Å²) in [6, 6.07) is 2.29. The highest BCUT2D eigenvalue weighted by atomic mass is 15.2. The summed E-state index contributed by atoms with van der Waals surface area (Å²) in [5.74, 6) is 0.962. The second-order valence-electron chi connectivity index (χ2n) is 5.41. The highest BCUT2D eigenvalue weighted by Crippen LogP contribution is 2.28. The van der Waals surface area contributed by atoms with E-state index in [1.54, 1.807) is 0 Å². The Bertz CT molecular complexity index is 187. The van der Waals surface area contributed by atoms with E-state index in [1.165, 1.54) is 32.2 Å². The largest absolute Gasteiger partial charge is 0.310 e. The molecule has 0 spiro atoms. The minimum absolute atomic E-state index is 0.722. The van der Waals surface area contributed by atoms with E-state index in [2.05, 4.69) is 31.1 Å². The van der Waals surface area contributed by atoms with E-state index in [0.717, 1.165) is 24.0 Å². The number of piperidine rings is 1. The van der Waals surface area contributed by atoms with Crippen molar-refractivity contribution in [3.05, 3.63) is 0 Å². The van der Waals surface area contributed by atoms with Gasteiger partial charge in [-0.2, -0.15) is 0 Å². The van der Waals surface area contributed by atoms with Gasteiger partial charge in [0.2, 0.25) is 0 Å². The predicted molar refractivity (Wildman–Crippen MR) is 60.4 cm³/mol. The second kappa shape index (κ2) is 4.19. The maximum absolute atomic E-state index is 3.82. The zero-order valence-corrected chi connectivity index (χ0v) is 9.79. The number of hydrogen-bond donors (Lipinski definition) is 1. The third kappa shape index (κ3) is 2.12. The van der Waals surface area contributed by atoms with Crippen LogP contribution in [0.5, 0.6) is 0 Å². The highest BCUT2D eigenvalue weighted by molar-refractivity contribution is 4.91. The van der Waals surface area contributed by atoms with Gasteiger partial charge in [0.25, 0.3) is 0 Å². The van der Waals surface area contributed by atoms with Gasteiger partial charge in [0, 0.05) is 18.1 Å². The predicted octanol–water partition coefficient (Wildman–Crippen LogP) is 1.86. The van der Waals surface area contributed by atoms with Crippen molar-refractivity contribution >= 4 is 0 Å². The molecule has 82 valence electrons. The molecule has 0 amide bonds. The lowest BCUT2D eigenvalue weighted by molar-refractivity contribution is 0.121. The van der Waals surface area contributed by atoms with Gasteiger partial charge in [0.05, 0.1) is 0 Å². The molecular weight excluding hydrogens is 172 g/mol. The minimum atomic E-state index is 0.722. The van der Waals surface area contributed by atoms with Gasteiger partial charge >= 0.3 is 0 Å². The van der Waals surface area contributed by atoms with Crippen molar-refractivity contribution in [3.63, 3.8) is 0 Å². The summed E-state index contributed by atoms with van der Waals surface area (Å²) in [6.45, 7) is 5.99. The Kier molecular flexibility index (Phi) is 3.13. The standard InChI is InChI=1S/C12H24N2/c1-9-7-11(8-9)13-12-5-4-6-14(3)10(12)2/h9-13H,4-8H2,1-3H3. The Hall–Kier alpha value is -0.0800. The average molecular weight is 196 g/mol. The fourth-order valence-corrected chi connectivity index (χ4v) is 2.88. The number of nitrogens with one attached hydrogen (secondary N) is 1. The molecule has 1 aliphatic heterocycles. The molecule has 1 heterocycles. The lowest BCUT2D eigenvalue weighted by atomic mass is 9.80. The van der Waals surface area contributed by atoms with Crippen LogP contribution in [0.1, 0.15) is 39.5 Å². The molecule has 2 rings (SSSR count). The van der Waals surface area contributed by atoms with Crippen LogP contribution in [-0.2, 0) is 0 Å². The monoisotopic (exact) mass is 196 g/mol. The lowest BCUT2D eigenvalue weighted by Gasteiger charge is -2.43. The number of likely N-dealkylation sites (tertiary alicyclic amines) is 1. The van der Waals surface area contributed by atoms with Crippen LogP contribution >= 0.6 is 0 Å². The van der Waals surface area contributed by atoms with Crippen molar-refractivity contribution in [2.75, 3.05) is 13.6 Å². The van der Waals surface area contributed by atoms with Crippen molar-refractivity contribution in [2.24, 2.45) is 5.92 Å². The smallest absolute Gasteiger partial charge is 0.0223 e. The van der Waals surface area contributed by atoms with Gasteiger partial charge in [-0.3, -0.25) is 0 Å². The molecule has 2 fully saturated rings. The van der Waals surface area contributed by atoms with Gasteiger partial charge in [-0.25, -0.2) is 0 Å². The van der Waals surface area contributed by atoms with E-state index in [9.17, 15) is 0 Å². The van der Waals surface area contributed by atoms with Crippen molar-refractivity contribution in [1.29, 1.82) is 0 Å². The third-order valence-electron chi connectivity index (χ3n) is 4.13. The van der Waals surface area contributed by atoms with Crippen LogP contribution in [0.15, 0.2) is 0 Å². The van der Waals surface area contributed by atoms with E-state index in [-0.39, 0.29) is 0 Å². The van der Waals surface area contributed by atoms with E-state index >= 15 is 0 Å². The highest BCUT2D eigenvalue weighted by Gasteiger charge is 2.31. The molecule has 2 nitrogen and oxygen atoms in total. The van der Waals surface area contributed by atoms with Crippen molar-refractivity contribution in [3.8, 4) is 0 Å².